The van der Waals surface area contributed by atoms with Gasteiger partial charge < -0.3 is 4.74 Å². The van der Waals surface area contributed by atoms with Crippen LogP contribution in [0.25, 0.3) is 6.08 Å². The summed E-state index contributed by atoms with van der Waals surface area (Å²) < 4.78 is 152. The first-order chi connectivity index (χ1) is 16.0. The normalized spacial score (nSPS) is 20.3. The topological polar surface area (TPSA) is 43.4 Å². The van der Waals surface area contributed by atoms with Gasteiger partial charge in [-0.3, -0.25) is 0 Å². The smallest absolute Gasteiger partial charge is 0.355 e. The van der Waals surface area contributed by atoms with Crippen molar-refractivity contribution < 1.29 is 52.7 Å². The largest absolute Gasteiger partial charge is 0.460 e. The lowest BCUT2D eigenvalue weighted by Gasteiger charge is -2.39. The summed E-state index contributed by atoms with van der Waals surface area (Å²) in [5, 5.41) is -6.85. The van der Waals surface area contributed by atoms with Gasteiger partial charge in [-0.2, -0.15) is 39.5 Å². The molecule has 0 spiro atoms. The number of sulfone groups is 1. The molecule has 0 aliphatic heterocycles. The van der Waals surface area contributed by atoms with Gasteiger partial charge in [0.1, 0.15) is 0 Å². The van der Waals surface area contributed by atoms with Crippen molar-refractivity contribution in [1.29, 1.82) is 0 Å². The van der Waals surface area contributed by atoms with Crippen molar-refractivity contribution in [2.24, 2.45) is 0 Å². The van der Waals surface area contributed by atoms with E-state index >= 15 is 0 Å². The lowest BCUT2D eigenvalue weighted by molar-refractivity contribution is -0.382. The highest BCUT2D eigenvalue weighted by molar-refractivity contribution is 7.93. The number of hydrogen-bond acceptors (Lipinski definition) is 3. The lowest BCUT2D eigenvalue weighted by atomic mass is 10.0. The molecule has 0 N–H and O–H groups in total. The van der Waals surface area contributed by atoms with Crippen molar-refractivity contribution in [2.75, 3.05) is 6.61 Å². The van der Waals surface area contributed by atoms with Crippen molar-refractivity contribution in [1.82, 2.24) is 0 Å². The zero-order valence-electron chi connectivity index (χ0n) is 18.1. The summed E-state index contributed by atoms with van der Waals surface area (Å²) in [6, 6.07) is 8.57. The fourth-order valence-electron chi connectivity index (χ4n) is 3.02. The van der Waals surface area contributed by atoms with Gasteiger partial charge in [-0.05, 0) is 23.6 Å². The minimum absolute atomic E-state index is 0.0657. The van der Waals surface area contributed by atoms with Crippen LogP contribution in [0.5, 0.6) is 0 Å². The van der Waals surface area contributed by atoms with E-state index in [1.807, 2.05) is 0 Å². The number of ether oxygens (including phenoxy) is 1. The van der Waals surface area contributed by atoms with E-state index in [-0.39, 0.29) is 12.0 Å². The molecule has 0 aromatic heterocycles. The summed E-state index contributed by atoms with van der Waals surface area (Å²) >= 11 is 0. The van der Waals surface area contributed by atoms with Crippen molar-refractivity contribution in [2.45, 2.75) is 54.4 Å². The summed E-state index contributed by atoms with van der Waals surface area (Å²) in [5.41, 5.74) is 0.931. The summed E-state index contributed by atoms with van der Waals surface area (Å²) in [4.78, 5) is -3.30. The van der Waals surface area contributed by atoms with E-state index in [0.717, 1.165) is 12.2 Å². The second-order valence-corrected chi connectivity index (χ2v) is 9.88. The van der Waals surface area contributed by atoms with E-state index < -0.39 is 51.1 Å². The third-order valence-corrected chi connectivity index (χ3v) is 7.43. The highest BCUT2D eigenvalue weighted by atomic mass is 32.2. The summed E-state index contributed by atoms with van der Waals surface area (Å²) in [6.45, 7) is 1.03. The standard InChI is InChI=1S/C22H21F9O3S/c1-2-3-15-34-18(13-11-17(12-14-18)10-9-16-7-5-4-6-8-16)35(32,33)22(30,31)20(25,26)19(23,24)21(27,28)29/h4-13H,2-3,14-15H2,1H3. The van der Waals surface area contributed by atoms with Gasteiger partial charge in [0.2, 0.25) is 0 Å². The second-order valence-electron chi connectivity index (χ2n) is 7.67. The number of rotatable bonds is 10. The molecule has 1 aliphatic rings. The lowest BCUT2D eigenvalue weighted by Crippen LogP contribution is -2.66. The maximum absolute atomic E-state index is 14.5. The third kappa shape index (κ3) is 5.16. The van der Waals surface area contributed by atoms with Gasteiger partial charge in [-0.1, -0.05) is 68.0 Å². The maximum Gasteiger partial charge on any atom is 0.460 e. The molecule has 1 aromatic rings. The Hall–Kier alpha value is -2.28. The summed E-state index contributed by atoms with van der Waals surface area (Å²) in [6.07, 6.45) is -2.40. The molecule has 35 heavy (non-hydrogen) atoms. The first-order valence-corrected chi connectivity index (χ1v) is 11.7. The molecule has 2 rings (SSSR count). The highest BCUT2D eigenvalue weighted by Crippen LogP contribution is 2.57. The van der Waals surface area contributed by atoms with Crippen molar-refractivity contribution in [3.63, 3.8) is 0 Å². The average Bonchev–Trinajstić information content (AvgIpc) is 2.78. The van der Waals surface area contributed by atoms with Crippen LogP contribution in [0.2, 0.25) is 0 Å². The number of hydrogen-bond donors (Lipinski definition) is 0. The minimum Gasteiger partial charge on any atom is -0.355 e. The Morgan fingerprint density at radius 3 is 2.03 bits per heavy atom. The average molecular weight is 536 g/mol. The molecule has 1 aliphatic carbocycles. The van der Waals surface area contributed by atoms with Crippen molar-refractivity contribution >= 4 is 15.9 Å². The van der Waals surface area contributed by atoms with Gasteiger partial charge in [-0.25, -0.2) is 8.42 Å². The minimum atomic E-state index is -7.35. The number of alkyl halides is 9. The quantitative estimate of drug-likeness (QED) is 0.240. The molecular weight excluding hydrogens is 515 g/mol. The van der Waals surface area contributed by atoms with Gasteiger partial charge in [-0.15, -0.1) is 0 Å². The zero-order chi connectivity index (χ0) is 26.8. The molecular formula is C22H21F9O3S. The molecule has 0 fully saturated rings. The van der Waals surface area contributed by atoms with Crippen molar-refractivity contribution in [3.05, 3.63) is 65.8 Å². The molecule has 1 unspecified atom stereocenters. The van der Waals surface area contributed by atoms with Gasteiger partial charge >= 0.3 is 23.3 Å². The number of unbranched alkanes of at least 4 members (excludes halogenated alkanes) is 1. The van der Waals surface area contributed by atoms with Gasteiger partial charge in [0.15, 0.2) is 4.93 Å². The Morgan fingerprint density at radius 2 is 1.54 bits per heavy atom. The summed E-state index contributed by atoms with van der Waals surface area (Å²) in [5.74, 6) is -14.7. The molecule has 196 valence electrons. The van der Waals surface area contributed by atoms with Gasteiger partial charge in [0.25, 0.3) is 9.84 Å². The third-order valence-electron chi connectivity index (χ3n) is 5.17. The molecule has 0 saturated carbocycles. The fourth-order valence-corrected chi connectivity index (χ4v) is 4.71. The molecule has 0 saturated heterocycles. The van der Waals surface area contributed by atoms with Crippen LogP contribution in [0.4, 0.5) is 39.5 Å². The van der Waals surface area contributed by atoms with Crippen LogP contribution in [0, 0.1) is 0 Å². The Labute approximate surface area is 195 Å². The summed E-state index contributed by atoms with van der Waals surface area (Å²) in [7, 11) is -6.84. The van der Waals surface area contributed by atoms with Crippen LogP contribution in [-0.2, 0) is 14.6 Å². The van der Waals surface area contributed by atoms with E-state index in [4.69, 9.17) is 4.74 Å². The Morgan fingerprint density at radius 1 is 0.943 bits per heavy atom. The van der Waals surface area contributed by atoms with E-state index in [1.165, 1.54) is 6.08 Å². The van der Waals surface area contributed by atoms with Crippen LogP contribution >= 0.6 is 0 Å². The van der Waals surface area contributed by atoms with E-state index in [9.17, 15) is 47.9 Å². The number of allylic oxidation sites excluding steroid dienone is 3. The SMILES string of the molecule is CCCCOC1(S(=O)(=O)C(F)(F)C(F)(F)C(F)(F)C(F)(F)F)C=CC(C=Cc2ccccc2)=CC1. The molecule has 0 heterocycles. The van der Waals surface area contributed by atoms with Crippen LogP contribution in [-0.4, -0.2) is 43.2 Å². The highest BCUT2D eigenvalue weighted by Gasteiger charge is 2.86. The van der Waals surface area contributed by atoms with Crippen LogP contribution in [0.3, 0.4) is 0 Å². The Balaban J connectivity index is 2.50. The molecule has 0 radical (unpaired) electrons. The predicted molar refractivity (Wildman–Crippen MR) is 111 cm³/mol. The zero-order valence-corrected chi connectivity index (χ0v) is 19.0. The van der Waals surface area contributed by atoms with E-state index in [1.54, 1.807) is 43.3 Å². The van der Waals surface area contributed by atoms with Crippen molar-refractivity contribution in [3.8, 4) is 0 Å². The van der Waals surface area contributed by atoms with Gasteiger partial charge in [0, 0.05) is 13.0 Å². The molecule has 13 heteroatoms. The van der Waals surface area contributed by atoms with E-state index in [2.05, 4.69) is 0 Å². The molecule has 3 nitrogen and oxygen atoms in total. The Kier molecular flexibility index (Phi) is 8.27. The number of halogens is 9. The first-order valence-electron chi connectivity index (χ1n) is 10.2. The number of benzene rings is 1. The molecule has 1 aromatic carbocycles. The Bertz CT molecular complexity index is 1080. The molecule has 0 bridgehead atoms. The van der Waals surface area contributed by atoms with Gasteiger partial charge in [0.05, 0.1) is 0 Å². The molecule has 0 amide bonds. The second kappa shape index (κ2) is 10.00. The fraction of sp³-hybridized carbons (Fsp3) is 0.455. The van der Waals surface area contributed by atoms with E-state index in [0.29, 0.717) is 18.1 Å². The molecule has 1 atom stereocenters. The van der Waals surface area contributed by atoms with Crippen LogP contribution in [0.15, 0.2) is 60.2 Å². The predicted octanol–water partition coefficient (Wildman–Crippen LogP) is 6.94. The maximum atomic E-state index is 14.5. The monoisotopic (exact) mass is 536 g/mol. The first kappa shape index (κ1) is 29.0. The van der Waals surface area contributed by atoms with Crippen LogP contribution < -0.4 is 0 Å². The van der Waals surface area contributed by atoms with Crippen LogP contribution in [0.1, 0.15) is 31.7 Å².